The van der Waals surface area contributed by atoms with Crippen molar-refractivity contribution in [3.05, 3.63) is 29.8 Å². The predicted molar refractivity (Wildman–Crippen MR) is 75.9 cm³/mol. The summed E-state index contributed by atoms with van der Waals surface area (Å²) in [5.74, 6) is -0.224. The van der Waals surface area contributed by atoms with E-state index < -0.39 is 11.9 Å². The van der Waals surface area contributed by atoms with Gasteiger partial charge in [0.25, 0.3) is 5.91 Å². The summed E-state index contributed by atoms with van der Waals surface area (Å²) in [6.07, 6.45) is 3.10. The Morgan fingerprint density at radius 2 is 2.00 bits per heavy atom. The summed E-state index contributed by atoms with van der Waals surface area (Å²) in [5.41, 5.74) is 5.87. The van der Waals surface area contributed by atoms with Crippen molar-refractivity contribution >= 4 is 18.1 Å². The lowest BCUT2D eigenvalue weighted by atomic mass is 10.0. The highest BCUT2D eigenvalue weighted by atomic mass is 16.5. The maximum absolute atomic E-state index is 12.1. The summed E-state index contributed by atoms with van der Waals surface area (Å²) in [6, 6.07) is 5.93. The molecule has 2 rings (SSSR count). The first kappa shape index (κ1) is 15.0. The quantitative estimate of drug-likeness (QED) is 0.810. The van der Waals surface area contributed by atoms with E-state index in [2.05, 4.69) is 0 Å². The molecule has 1 saturated heterocycles. The number of nitrogens with zero attached hydrogens (tertiary/aromatic N) is 1. The molecule has 6 heteroatoms. The maximum Gasteiger partial charge on any atom is 0.261 e. The fraction of sp³-hybridized carbons (Fsp3) is 0.400. The standard InChI is InChI=1S/C15H18N2O4/c16-15(20)13-3-1-2-8-17(13)14(19)10-21-12-6-4-11(9-18)5-7-12/h4-7,9,13H,1-3,8,10H2,(H2,16,20). The first-order chi connectivity index (χ1) is 10.1. The molecular formula is C15H18N2O4. The molecule has 1 aliphatic heterocycles. The molecule has 1 unspecified atom stereocenters. The number of rotatable bonds is 5. The predicted octanol–water partition coefficient (Wildman–Crippen LogP) is 0.744. The Bertz CT molecular complexity index is 527. The van der Waals surface area contributed by atoms with Gasteiger partial charge in [0.15, 0.2) is 6.61 Å². The van der Waals surface area contributed by atoms with Crippen LogP contribution in [0, 0.1) is 0 Å². The van der Waals surface area contributed by atoms with Gasteiger partial charge >= 0.3 is 0 Å². The highest BCUT2D eigenvalue weighted by Gasteiger charge is 2.30. The summed E-state index contributed by atoms with van der Waals surface area (Å²) >= 11 is 0. The number of likely N-dealkylation sites (tertiary alicyclic amines) is 1. The Labute approximate surface area is 122 Å². The zero-order valence-electron chi connectivity index (χ0n) is 11.7. The van der Waals surface area contributed by atoms with Gasteiger partial charge in [-0.3, -0.25) is 14.4 Å². The van der Waals surface area contributed by atoms with Crippen LogP contribution in [0.1, 0.15) is 29.6 Å². The molecule has 0 aliphatic carbocycles. The van der Waals surface area contributed by atoms with Crippen molar-refractivity contribution in [2.24, 2.45) is 5.73 Å². The SMILES string of the molecule is NC(=O)C1CCCCN1C(=O)COc1ccc(C=O)cc1. The highest BCUT2D eigenvalue weighted by Crippen LogP contribution is 2.17. The summed E-state index contributed by atoms with van der Waals surface area (Å²) in [5, 5.41) is 0. The number of ether oxygens (including phenoxy) is 1. The Hall–Kier alpha value is -2.37. The van der Waals surface area contributed by atoms with E-state index in [1.54, 1.807) is 24.3 Å². The van der Waals surface area contributed by atoms with Gasteiger partial charge in [0, 0.05) is 12.1 Å². The number of aldehydes is 1. The number of amides is 2. The number of carbonyl (C=O) groups excluding carboxylic acids is 3. The van der Waals surface area contributed by atoms with E-state index in [0.717, 1.165) is 19.1 Å². The van der Waals surface area contributed by atoms with Crippen LogP contribution in [-0.2, 0) is 9.59 Å². The lowest BCUT2D eigenvalue weighted by Crippen LogP contribution is -2.51. The number of carbonyl (C=O) groups is 3. The molecule has 0 bridgehead atoms. The molecule has 1 aromatic rings. The van der Waals surface area contributed by atoms with Crippen LogP contribution in [0.2, 0.25) is 0 Å². The molecule has 1 fully saturated rings. The van der Waals surface area contributed by atoms with Crippen LogP contribution >= 0.6 is 0 Å². The van der Waals surface area contributed by atoms with Crippen molar-refractivity contribution in [1.82, 2.24) is 4.90 Å². The maximum atomic E-state index is 12.1. The van der Waals surface area contributed by atoms with E-state index in [0.29, 0.717) is 24.3 Å². The molecule has 0 aromatic heterocycles. The van der Waals surface area contributed by atoms with E-state index >= 15 is 0 Å². The highest BCUT2D eigenvalue weighted by molar-refractivity contribution is 5.87. The van der Waals surface area contributed by atoms with Crippen LogP contribution in [0.25, 0.3) is 0 Å². The van der Waals surface area contributed by atoms with Gasteiger partial charge in [-0.2, -0.15) is 0 Å². The molecule has 1 atom stereocenters. The molecular weight excluding hydrogens is 272 g/mol. The summed E-state index contributed by atoms with van der Waals surface area (Å²) in [4.78, 5) is 35.6. The molecule has 0 spiro atoms. The van der Waals surface area contributed by atoms with Gasteiger partial charge in [-0.05, 0) is 43.5 Å². The first-order valence-corrected chi connectivity index (χ1v) is 6.88. The lowest BCUT2D eigenvalue weighted by Gasteiger charge is -2.33. The fourth-order valence-corrected chi connectivity index (χ4v) is 2.40. The van der Waals surface area contributed by atoms with E-state index in [1.807, 2.05) is 0 Å². The second-order valence-electron chi connectivity index (χ2n) is 4.98. The number of benzene rings is 1. The molecule has 1 aromatic carbocycles. The zero-order chi connectivity index (χ0) is 15.2. The van der Waals surface area contributed by atoms with Crippen LogP contribution < -0.4 is 10.5 Å². The first-order valence-electron chi connectivity index (χ1n) is 6.88. The van der Waals surface area contributed by atoms with Crippen molar-refractivity contribution in [1.29, 1.82) is 0 Å². The molecule has 112 valence electrons. The lowest BCUT2D eigenvalue weighted by molar-refractivity contribution is -0.142. The van der Waals surface area contributed by atoms with Crippen LogP contribution in [0.3, 0.4) is 0 Å². The summed E-state index contributed by atoms with van der Waals surface area (Å²) in [6.45, 7) is 0.379. The fourth-order valence-electron chi connectivity index (χ4n) is 2.40. The second-order valence-corrected chi connectivity index (χ2v) is 4.98. The average Bonchev–Trinajstić information content (AvgIpc) is 2.53. The summed E-state index contributed by atoms with van der Waals surface area (Å²) in [7, 11) is 0. The van der Waals surface area contributed by atoms with Crippen molar-refractivity contribution in [2.45, 2.75) is 25.3 Å². The number of primary amides is 1. The monoisotopic (exact) mass is 290 g/mol. The smallest absolute Gasteiger partial charge is 0.261 e. The Morgan fingerprint density at radius 3 is 2.62 bits per heavy atom. The van der Waals surface area contributed by atoms with Crippen LogP contribution in [0.5, 0.6) is 5.75 Å². The molecule has 1 aliphatic rings. The van der Waals surface area contributed by atoms with Gasteiger partial charge in [0.1, 0.15) is 18.1 Å². The molecule has 2 N–H and O–H groups in total. The Kier molecular flexibility index (Phi) is 4.92. The molecule has 0 radical (unpaired) electrons. The topological polar surface area (TPSA) is 89.7 Å². The van der Waals surface area contributed by atoms with Gasteiger partial charge in [0.05, 0.1) is 0 Å². The minimum Gasteiger partial charge on any atom is -0.484 e. The van der Waals surface area contributed by atoms with Gasteiger partial charge < -0.3 is 15.4 Å². The molecule has 1 heterocycles. The molecule has 21 heavy (non-hydrogen) atoms. The molecule has 6 nitrogen and oxygen atoms in total. The third kappa shape index (κ3) is 3.81. The van der Waals surface area contributed by atoms with Gasteiger partial charge in [0.2, 0.25) is 5.91 Å². The Balaban J connectivity index is 1.93. The summed E-state index contributed by atoms with van der Waals surface area (Å²) < 4.78 is 5.39. The minimum atomic E-state index is -0.535. The normalized spacial score (nSPS) is 18.1. The number of piperidine rings is 1. The third-order valence-electron chi connectivity index (χ3n) is 3.53. The third-order valence-corrected chi connectivity index (χ3v) is 3.53. The number of hydrogen-bond acceptors (Lipinski definition) is 4. The van der Waals surface area contributed by atoms with Crippen LogP contribution in [-0.4, -0.2) is 42.2 Å². The van der Waals surface area contributed by atoms with Crippen molar-refractivity contribution in [3.63, 3.8) is 0 Å². The van der Waals surface area contributed by atoms with Gasteiger partial charge in [-0.15, -0.1) is 0 Å². The van der Waals surface area contributed by atoms with E-state index in [-0.39, 0.29) is 12.5 Å². The second kappa shape index (κ2) is 6.88. The Morgan fingerprint density at radius 1 is 1.29 bits per heavy atom. The van der Waals surface area contributed by atoms with Crippen molar-refractivity contribution in [3.8, 4) is 5.75 Å². The van der Waals surface area contributed by atoms with E-state index in [1.165, 1.54) is 4.90 Å². The van der Waals surface area contributed by atoms with Gasteiger partial charge in [-0.1, -0.05) is 0 Å². The minimum absolute atomic E-state index is 0.149. The van der Waals surface area contributed by atoms with Crippen LogP contribution in [0.4, 0.5) is 0 Å². The molecule has 2 amide bonds. The van der Waals surface area contributed by atoms with E-state index in [4.69, 9.17) is 10.5 Å². The number of hydrogen-bond donors (Lipinski definition) is 1. The van der Waals surface area contributed by atoms with Crippen molar-refractivity contribution in [2.75, 3.05) is 13.2 Å². The number of nitrogens with two attached hydrogens (primary N) is 1. The largest absolute Gasteiger partial charge is 0.484 e. The van der Waals surface area contributed by atoms with Crippen molar-refractivity contribution < 1.29 is 19.1 Å². The van der Waals surface area contributed by atoms with Crippen LogP contribution in [0.15, 0.2) is 24.3 Å². The average molecular weight is 290 g/mol. The molecule has 0 saturated carbocycles. The van der Waals surface area contributed by atoms with Gasteiger partial charge in [-0.25, -0.2) is 0 Å². The van der Waals surface area contributed by atoms with E-state index in [9.17, 15) is 14.4 Å². The zero-order valence-corrected chi connectivity index (χ0v) is 11.7.